The third-order valence-electron chi connectivity index (χ3n) is 3.01. The lowest BCUT2D eigenvalue weighted by atomic mass is 10.2. The first-order valence-corrected chi connectivity index (χ1v) is 6.82. The second-order valence-corrected chi connectivity index (χ2v) is 4.70. The van der Waals surface area contributed by atoms with Crippen LogP contribution in [0.2, 0.25) is 0 Å². The number of methoxy groups -OCH3 is 1. The molecule has 1 aromatic heterocycles. The summed E-state index contributed by atoms with van der Waals surface area (Å²) in [6.07, 6.45) is 0.255. The Bertz CT molecular complexity index is 653. The summed E-state index contributed by atoms with van der Waals surface area (Å²) in [5.74, 6) is 0.631. The van der Waals surface area contributed by atoms with Gasteiger partial charge < -0.3 is 10.1 Å². The quantitative estimate of drug-likeness (QED) is 0.854. The van der Waals surface area contributed by atoms with Crippen molar-refractivity contribution in [1.29, 1.82) is 0 Å². The van der Waals surface area contributed by atoms with E-state index in [0.29, 0.717) is 16.8 Å². The number of amides is 1. The van der Waals surface area contributed by atoms with Crippen LogP contribution in [0.5, 0.6) is 5.75 Å². The Morgan fingerprint density at radius 1 is 1.53 bits per heavy atom. The maximum absolute atomic E-state index is 11.9. The molecule has 7 heteroatoms. The Morgan fingerprint density at radius 3 is 3.11 bits per heavy atom. The van der Waals surface area contributed by atoms with E-state index in [0.717, 1.165) is 17.1 Å². The average Bonchev–Trinajstić information content (AvgIpc) is 2.75. The van der Waals surface area contributed by atoms with E-state index in [1.807, 2.05) is 6.07 Å². The van der Waals surface area contributed by atoms with Crippen LogP contribution < -0.4 is 10.1 Å². The van der Waals surface area contributed by atoms with E-state index in [1.165, 1.54) is 0 Å². The number of alkyl halides is 1. The predicted octanol–water partition coefficient (Wildman–Crippen LogP) is 1.67. The van der Waals surface area contributed by atoms with Crippen LogP contribution in [0.4, 0.5) is 5.69 Å². The number of nitrogens with one attached hydrogen (secondary N) is 1. The van der Waals surface area contributed by atoms with Gasteiger partial charge in [0.05, 0.1) is 36.3 Å². The molecule has 6 nitrogen and oxygen atoms in total. The minimum absolute atomic E-state index is 0.0744. The van der Waals surface area contributed by atoms with Gasteiger partial charge in [-0.1, -0.05) is 21.1 Å². The minimum atomic E-state index is -0.0744. The van der Waals surface area contributed by atoms with Crippen molar-refractivity contribution in [2.24, 2.45) is 0 Å². The molecule has 2 aromatic rings. The van der Waals surface area contributed by atoms with Crippen molar-refractivity contribution in [2.75, 3.05) is 12.4 Å². The summed E-state index contributed by atoms with van der Waals surface area (Å²) in [6.45, 7) is 0. The van der Waals surface area contributed by atoms with Crippen LogP contribution in [0, 0.1) is 0 Å². The molecule has 1 aliphatic rings. The average molecular weight is 323 g/mol. The van der Waals surface area contributed by atoms with E-state index in [9.17, 15) is 4.79 Å². The van der Waals surface area contributed by atoms with Gasteiger partial charge in [-0.3, -0.25) is 4.79 Å². The number of rotatable bonds is 2. The van der Waals surface area contributed by atoms with Gasteiger partial charge in [0, 0.05) is 11.4 Å². The van der Waals surface area contributed by atoms with E-state index < -0.39 is 0 Å². The monoisotopic (exact) mass is 322 g/mol. The molecule has 0 saturated carbocycles. The number of aromatic nitrogens is 3. The number of hydrogen-bond donors (Lipinski definition) is 1. The number of carbonyl (C=O) groups is 1. The first-order chi connectivity index (χ1) is 9.22. The van der Waals surface area contributed by atoms with Gasteiger partial charge in [-0.15, -0.1) is 5.10 Å². The van der Waals surface area contributed by atoms with Crippen LogP contribution >= 0.6 is 15.9 Å². The van der Waals surface area contributed by atoms with Gasteiger partial charge in [0.25, 0.3) is 0 Å². The van der Waals surface area contributed by atoms with Crippen LogP contribution in [0.25, 0.3) is 5.69 Å². The number of halogens is 1. The Morgan fingerprint density at radius 2 is 2.37 bits per heavy atom. The third-order valence-corrected chi connectivity index (χ3v) is 3.54. The number of fused-ring (bicyclic) bond motifs is 3. The lowest BCUT2D eigenvalue weighted by Gasteiger charge is -2.09. The van der Waals surface area contributed by atoms with Crippen LogP contribution in [-0.4, -0.2) is 28.0 Å². The lowest BCUT2D eigenvalue weighted by molar-refractivity contribution is -0.115. The molecule has 98 valence electrons. The van der Waals surface area contributed by atoms with Crippen molar-refractivity contribution in [3.63, 3.8) is 0 Å². The smallest absolute Gasteiger partial charge is 0.230 e. The summed E-state index contributed by atoms with van der Waals surface area (Å²) in [5.41, 5.74) is 3.03. The summed E-state index contributed by atoms with van der Waals surface area (Å²) in [7, 11) is 1.60. The number of carbonyl (C=O) groups excluding carboxylic acids is 1. The maximum Gasteiger partial charge on any atom is 0.230 e. The molecule has 1 aliphatic heterocycles. The molecule has 0 unspecified atom stereocenters. The minimum Gasteiger partial charge on any atom is -0.497 e. The van der Waals surface area contributed by atoms with Crippen LogP contribution in [0.15, 0.2) is 18.2 Å². The van der Waals surface area contributed by atoms with E-state index in [-0.39, 0.29) is 12.3 Å². The van der Waals surface area contributed by atoms with Crippen molar-refractivity contribution >= 4 is 27.5 Å². The Labute approximate surface area is 117 Å². The normalized spacial score (nSPS) is 13.3. The summed E-state index contributed by atoms with van der Waals surface area (Å²) in [5, 5.41) is 11.6. The van der Waals surface area contributed by atoms with Gasteiger partial charge in [0.2, 0.25) is 5.91 Å². The molecular weight excluding hydrogens is 312 g/mol. The molecule has 1 amide bonds. The molecule has 0 aliphatic carbocycles. The molecule has 0 saturated heterocycles. The van der Waals surface area contributed by atoms with Crippen LogP contribution in [0.1, 0.15) is 11.4 Å². The first kappa shape index (κ1) is 12.2. The molecule has 0 radical (unpaired) electrons. The number of benzene rings is 1. The summed E-state index contributed by atoms with van der Waals surface area (Å²) in [6, 6.07) is 5.43. The van der Waals surface area contributed by atoms with E-state index in [2.05, 4.69) is 31.6 Å². The molecule has 0 spiro atoms. The zero-order valence-electron chi connectivity index (χ0n) is 10.2. The number of ether oxygens (including phenoxy) is 1. The highest BCUT2D eigenvalue weighted by atomic mass is 79.9. The highest BCUT2D eigenvalue weighted by molar-refractivity contribution is 9.08. The fraction of sp³-hybridized carbons (Fsp3) is 0.250. The fourth-order valence-corrected chi connectivity index (χ4v) is 2.51. The van der Waals surface area contributed by atoms with Crippen molar-refractivity contribution in [3.05, 3.63) is 29.6 Å². The van der Waals surface area contributed by atoms with E-state index in [4.69, 9.17) is 4.74 Å². The molecule has 2 heterocycles. The van der Waals surface area contributed by atoms with Crippen molar-refractivity contribution in [3.8, 4) is 11.4 Å². The molecule has 1 aromatic carbocycles. The van der Waals surface area contributed by atoms with Gasteiger partial charge >= 0.3 is 0 Å². The zero-order valence-corrected chi connectivity index (χ0v) is 11.8. The standard InChI is InChI=1S/C12H11BrN4O2/c1-19-7-2-3-8-10(4-7)17-11(5-12(18)14-8)9(6-13)15-16-17/h2-4H,5-6H2,1H3,(H,14,18). The highest BCUT2D eigenvalue weighted by Crippen LogP contribution is 2.29. The highest BCUT2D eigenvalue weighted by Gasteiger charge is 2.23. The fourth-order valence-electron chi connectivity index (χ4n) is 2.07. The molecular formula is C12H11BrN4O2. The second kappa shape index (κ2) is 4.65. The summed E-state index contributed by atoms with van der Waals surface area (Å²) < 4.78 is 6.90. The van der Waals surface area contributed by atoms with Gasteiger partial charge in [-0.05, 0) is 12.1 Å². The van der Waals surface area contributed by atoms with E-state index >= 15 is 0 Å². The lowest BCUT2D eigenvalue weighted by Crippen LogP contribution is -2.13. The van der Waals surface area contributed by atoms with Gasteiger partial charge in [0.15, 0.2) is 0 Å². The molecule has 3 rings (SSSR count). The van der Waals surface area contributed by atoms with Gasteiger partial charge in [0.1, 0.15) is 5.75 Å². The Kier molecular flexibility index (Phi) is 2.98. The number of nitrogens with zero attached hydrogens (tertiary/aromatic N) is 3. The number of hydrogen-bond acceptors (Lipinski definition) is 4. The summed E-state index contributed by atoms with van der Waals surface area (Å²) >= 11 is 3.36. The third kappa shape index (κ3) is 1.99. The van der Waals surface area contributed by atoms with Gasteiger partial charge in [-0.2, -0.15) is 0 Å². The maximum atomic E-state index is 11.9. The topological polar surface area (TPSA) is 69.0 Å². The van der Waals surface area contributed by atoms with E-state index in [1.54, 1.807) is 23.9 Å². The molecule has 0 atom stereocenters. The van der Waals surface area contributed by atoms with Crippen LogP contribution in [0.3, 0.4) is 0 Å². The second-order valence-electron chi connectivity index (χ2n) is 4.14. The molecule has 1 N–H and O–H groups in total. The first-order valence-electron chi connectivity index (χ1n) is 5.70. The molecule has 0 bridgehead atoms. The molecule has 19 heavy (non-hydrogen) atoms. The Hall–Kier alpha value is -1.89. The predicted molar refractivity (Wildman–Crippen MR) is 72.9 cm³/mol. The largest absolute Gasteiger partial charge is 0.497 e. The zero-order chi connectivity index (χ0) is 13.4. The summed E-state index contributed by atoms with van der Waals surface area (Å²) in [4.78, 5) is 11.9. The van der Waals surface area contributed by atoms with Crippen LogP contribution in [-0.2, 0) is 16.5 Å². The van der Waals surface area contributed by atoms with Crippen molar-refractivity contribution < 1.29 is 9.53 Å². The van der Waals surface area contributed by atoms with Crippen molar-refractivity contribution in [1.82, 2.24) is 15.0 Å². The van der Waals surface area contributed by atoms with Gasteiger partial charge in [-0.25, -0.2) is 4.68 Å². The Balaban J connectivity index is 2.24. The number of anilines is 1. The SMILES string of the molecule is COc1ccc2c(c1)-n1nnc(CBr)c1CC(=O)N2. The molecule has 0 fully saturated rings. The van der Waals surface area contributed by atoms with Crippen molar-refractivity contribution in [2.45, 2.75) is 11.8 Å².